The lowest BCUT2D eigenvalue weighted by atomic mass is 10.2. The summed E-state index contributed by atoms with van der Waals surface area (Å²) < 4.78 is 1.63. The predicted molar refractivity (Wildman–Crippen MR) is 94.5 cm³/mol. The van der Waals surface area contributed by atoms with Crippen LogP contribution in [0.15, 0.2) is 76.6 Å². The summed E-state index contributed by atoms with van der Waals surface area (Å²) in [6.07, 6.45) is 1.62. The fourth-order valence-electron chi connectivity index (χ4n) is 2.27. The van der Waals surface area contributed by atoms with Crippen molar-refractivity contribution in [1.29, 1.82) is 0 Å². The molecule has 3 rings (SSSR count). The maximum absolute atomic E-state index is 12.2. The van der Waals surface area contributed by atoms with Crippen molar-refractivity contribution in [3.05, 3.63) is 88.3 Å². The predicted octanol–water partition coefficient (Wildman–Crippen LogP) is 2.08. The van der Waals surface area contributed by atoms with Crippen molar-refractivity contribution < 1.29 is 0 Å². The van der Waals surface area contributed by atoms with Gasteiger partial charge in [-0.2, -0.15) is 5.10 Å². The second-order valence-corrected chi connectivity index (χ2v) is 5.25. The molecule has 0 aliphatic carbocycles. The normalized spacial score (nSPS) is 11.3. The van der Waals surface area contributed by atoms with E-state index in [2.05, 4.69) is 15.5 Å². The van der Waals surface area contributed by atoms with Crippen molar-refractivity contribution in [3.63, 3.8) is 0 Å². The second kappa shape index (κ2) is 6.89. The first-order valence-electron chi connectivity index (χ1n) is 7.45. The lowest BCUT2D eigenvalue weighted by Gasteiger charge is -2.09. The van der Waals surface area contributed by atoms with Gasteiger partial charge in [0.15, 0.2) is 11.5 Å². The summed E-state index contributed by atoms with van der Waals surface area (Å²) in [5, 5.41) is 4.38. The average Bonchev–Trinajstić information content (AvgIpc) is 2.61. The van der Waals surface area contributed by atoms with E-state index < -0.39 is 0 Å². The molecule has 24 heavy (non-hydrogen) atoms. The third kappa shape index (κ3) is 3.39. The van der Waals surface area contributed by atoms with Gasteiger partial charge >= 0.3 is 0 Å². The Kier molecular flexibility index (Phi) is 4.49. The van der Waals surface area contributed by atoms with Crippen LogP contribution in [0.2, 0.25) is 0 Å². The number of rotatable bonds is 3. The number of nitrogens with one attached hydrogen (secondary N) is 1. The highest BCUT2D eigenvalue weighted by molar-refractivity contribution is 5.98. The molecule has 0 spiro atoms. The SMILES string of the molecule is Cc1cccc(-n2ccc(=O)c(C(=Nc3ccccc3)NN)n2)c1. The molecule has 6 heteroatoms. The highest BCUT2D eigenvalue weighted by Gasteiger charge is 2.11. The molecule has 6 nitrogen and oxygen atoms in total. The van der Waals surface area contributed by atoms with Crippen LogP contribution in [0.1, 0.15) is 11.3 Å². The fraction of sp³-hybridized carbons (Fsp3) is 0.0556. The molecule has 3 aromatic rings. The Morgan fingerprint density at radius 3 is 2.62 bits per heavy atom. The van der Waals surface area contributed by atoms with E-state index in [0.29, 0.717) is 5.69 Å². The molecule has 0 atom stereocenters. The van der Waals surface area contributed by atoms with Crippen LogP contribution in [0.4, 0.5) is 5.69 Å². The lowest BCUT2D eigenvalue weighted by molar-refractivity contribution is 0.820. The molecule has 0 saturated carbocycles. The molecule has 3 N–H and O–H groups in total. The van der Waals surface area contributed by atoms with E-state index in [1.807, 2.05) is 61.5 Å². The maximum atomic E-state index is 12.2. The summed E-state index contributed by atoms with van der Waals surface area (Å²) in [4.78, 5) is 16.6. The first-order valence-corrected chi connectivity index (χ1v) is 7.45. The van der Waals surface area contributed by atoms with Crippen molar-refractivity contribution in [2.75, 3.05) is 0 Å². The van der Waals surface area contributed by atoms with Crippen molar-refractivity contribution in [3.8, 4) is 5.69 Å². The Bertz CT molecular complexity index is 931. The van der Waals surface area contributed by atoms with Gasteiger partial charge in [-0.1, -0.05) is 30.3 Å². The first kappa shape index (κ1) is 15.6. The van der Waals surface area contributed by atoms with E-state index >= 15 is 0 Å². The zero-order valence-electron chi connectivity index (χ0n) is 13.2. The number of hydrogen-bond donors (Lipinski definition) is 2. The molecule has 1 aromatic heterocycles. The number of hydrogen-bond acceptors (Lipinski definition) is 4. The van der Waals surface area contributed by atoms with E-state index in [9.17, 15) is 4.79 Å². The fourth-order valence-corrected chi connectivity index (χ4v) is 2.27. The summed E-state index contributed by atoms with van der Waals surface area (Å²) in [5.41, 5.74) is 5.01. The van der Waals surface area contributed by atoms with Gasteiger partial charge in [-0.05, 0) is 36.8 Å². The van der Waals surface area contributed by atoms with Gasteiger partial charge in [-0.3, -0.25) is 4.79 Å². The van der Waals surface area contributed by atoms with E-state index in [4.69, 9.17) is 5.84 Å². The Morgan fingerprint density at radius 1 is 1.12 bits per heavy atom. The van der Waals surface area contributed by atoms with Gasteiger partial charge in [-0.25, -0.2) is 15.5 Å². The summed E-state index contributed by atoms with van der Waals surface area (Å²) in [7, 11) is 0. The second-order valence-electron chi connectivity index (χ2n) is 5.25. The van der Waals surface area contributed by atoms with Gasteiger partial charge < -0.3 is 5.43 Å². The number of aliphatic imine (C=N–C) groups is 1. The zero-order valence-corrected chi connectivity index (χ0v) is 13.2. The minimum atomic E-state index is -0.258. The molecule has 0 unspecified atom stereocenters. The van der Waals surface area contributed by atoms with E-state index in [0.717, 1.165) is 11.3 Å². The number of benzene rings is 2. The van der Waals surface area contributed by atoms with Crippen molar-refractivity contribution in [2.45, 2.75) is 6.92 Å². The smallest absolute Gasteiger partial charge is 0.211 e. The summed E-state index contributed by atoms with van der Waals surface area (Å²) in [5.74, 6) is 5.78. The molecule has 0 aliphatic heterocycles. The van der Waals surface area contributed by atoms with Crippen LogP contribution < -0.4 is 16.7 Å². The van der Waals surface area contributed by atoms with Crippen molar-refractivity contribution in [2.24, 2.45) is 10.8 Å². The zero-order chi connectivity index (χ0) is 16.9. The van der Waals surface area contributed by atoms with Crippen molar-refractivity contribution >= 4 is 11.5 Å². The number of para-hydroxylation sites is 1. The molecular weight excluding hydrogens is 302 g/mol. The maximum Gasteiger partial charge on any atom is 0.211 e. The highest BCUT2D eigenvalue weighted by Crippen LogP contribution is 2.11. The van der Waals surface area contributed by atoms with Crippen LogP contribution in [0.5, 0.6) is 0 Å². The number of aryl methyl sites for hydroxylation is 1. The van der Waals surface area contributed by atoms with Gasteiger partial charge in [0.25, 0.3) is 0 Å². The van der Waals surface area contributed by atoms with Crippen LogP contribution in [0.25, 0.3) is 5.69 Å². The summed E-state index contributed by atoms with van der Waals surface area (Å²) >= 11 is 0. The quantitative estimate of drug-likeness (QED) is 0.335. The Labute approximate surface area is 139 Å². The molecule has 0 saturated heterocycles. The molecule has 0 amide bonds. The minimum absolute atomic E-state index is 0.158. The monoisotopic (exact) mass is 319 g/mol. The van der Waals surface area contributed by atoms with Gasteiger partial charge in [-0.15, -0.1) is 0 Å². The minimum Gasteiger partial charge on any atom is -0.306 e. The highest BCUT2D eigenvalue weighted by atomic mass is 16.1. The lowest BCUT2D eigenvalue weighted by Crippen LogP contribution is -2.36. The number of amidine groups is 1. The average molecular weight is 319 g/mol. The van der Waals surface area contributed by atoms with E-state index in [-0.39, 0.29) is 17.0 Å². The Morgan fingerprint density at radius 2 is 1.92 bits per heavy atom. The largest absolute Gasteiger partial charge is 0.306 e. The van der Waals surface area contributed by atoms with Crippen LogP contribution >= 0.6 is 0 Å². The molecular formula is C18H17N5O. The van der Waals surface area contributed by atoms with Crippen LogP contribution in [0.3, 0.4) is 0 Å². The van der Waals surface area contributed by atoms with Gasteiger partial charge in [0.2, 0.25) is 5.43 Å². The Balaban J connectivity index is 2.08. The van der Waals surface area contributed by atoms with Gasteiger partial charge in [0.1, 0.15) is 0 Å². The summed E-state index contributed by atoms with van der Waals surface area (Å²) in [6, 6.07) is 18.5. The first-order chi connectivity index (χ1) is 11.7. The van der Waals surface area contributed by atoms with Crippen LogP contribution in [-0.2, 0) is 0 Å². The number of hydrazine groups is 1. The molecule has 0 aliphatic rings. The molecule has 0 bridgehead atoms. The number of aromatic nitrogens is 2. The molecule has 2 aromatic carbocycles. The molecule has 120 valence electrons. The third-order valence-electron chi connectivity index (χ3n) is 3.43. The standard InChI is InChI=1S/C18H17N5O/c1-13-6-5-9-15(12-13)23-11-10-16(24)17(22-23)18(21-19)20-14-7-3-2-4-8-14/h2-12H,19H2,1H3,(H,20,21). The third-order valence-corrected chi connectivity index (χ3v) is 3.43. The van der Waals surface area contributed by atoms with E-state index in [1.54, 1.807) is 10.9 Å². The number of nitrogens with two attached hydrogens (primary N) is 1. The van der Waals surface area contributed by atoms with Gasteiger partial charge in [0, 0.05) is 12.3 Å². The Hall–Kier alpha value is -3.25. The molecule has 1 heterocycles. The molecule has 0 radical (unpaired) electrons. The topological polar surface area (TPSA) is 85.3 Å². The molecule has 0 fully saturated rings. The van der Waals surface area contributed by atoms with Crippen LogP contribution in [0, 0.1) is 6.92 Å². The van der Waals surface area contributed by atoms with Crippen LogP contribution in [-0.4, -0.2) is 15.6 Å². The summed E-state index contributed by atoms with van der Waals surface area (Å²) in [6.45, 7) is 2.00. The number of nitrogens with zero attached hydrogens (tertiary/aromatic N) is 3. The van der Waals surface area contributed by atoms with E-state index in [1.165, 1.54) is 6.07 Å². The van der Waals surface area contributed by atoms with Gasteiger partial charge in [0.05, 0.1) is 11.4 Å². The van der Waals surface area contributed by atoms with Crippen molar-refractivity contribution in [1.82, 2.24) is 15.2 Å².